The maximum atomic E-state index is 12.7. The molecule has 1 aliphatic carbocycles. The lowest BCUT2D eigenvalue weighted by Gasteiger charge is -2.29. The minimum atomic E-state index is -0.725. The van der Waals surface area contributed by atoms with Gasteiger partial charge in [0.25, 0.3) is 0 Å². The van der Waals surface area contributed by atoms with Gasteiger partial charge in [-0.2, -0.15) is 5.10 Å². The first kappa shape index (κ1) is 32.2. The third-order valence-electron chi connectivity index (χ3n) is 8.75. The second kappa shape index (κ2) is 14.7. The summed E-state index contributed by atoms with van der Waals surface area (Å²) in [7, 11) is 1.63. The molecule has 0 spiro atoms. The van der Waals surface area contributed by atoms with Gasteiger partial charge in [0.05, 0.1) is 38.1 Å². The molecule has 0 amide bonds. The zero-order chi connectivity index (χ0) is 31.8. The monoisotopic (exact) mass is 615 g/mol. The molecule has 2 heterocycles. The van der Waals surface area contributed by atoms with Crippen molar-refractivity contribution in [2.75, 3.05) is 13.7 Å². The topological polar surface area (TPSA) is 114 Å². The predicted molar refractivity (Wildman–Crippen MR) is 172 cm³/mol. The Morgan fingerprint density at radius 1 is 1.00 bits per heavy atom. The SMILES string of the molecule is CCCC(O)(CC)Cn1ccc(-c2ccc(C3CCC(Oc4c(C(=O)OCC)nnn4Cc4ccc(OC)cc4)CC3)cc2)n1. The van der Waals surface area contributed by atoms with Crippen LogP contribution in [0.3, 0.4) is 0 Å². The van der Waals surface area contributed by atoms with E-state index in [4.69, 9.17) is 19.3 Å². The number of carbonyl (C=O) groups is 1. The Labute approximate surface area is 265 Å². The highest BCUT2D eigenvalue weighted by Gasteiger charge is 2.29. The molecule has 1 saturated carbocycles. The quantitative estimate of drug-likeness (QED) is 0.162. The van der Waals surface area contributed by atoms with Crippen LogP contribution in [0, 0.1) is 0 Å². The molecule has 1 unspecified atom stereocenters. The van der Waals surface area contributed by atoms with Crippen molar-refractivity contribution >= 4 is 5.97 Å². The largest absolute Gasteiger partial charge is 0.497 e. The Bertz CT molecular complexity index is 1520. The number of benzene rings is 2. The number of methoxy groups -OCH3 is 1. The molecular formula is C35H45N5O5. The highest BCUT2D eigenvalue weighted by molar-refractivity contribution is 5.89. The lowest BCUT2D eigenvalue weighted by Crippen LogP contribution is -2.33. The summed E-state index contributed by atoms with van der Waals surface area (Å²) in [5, 5.41) is 24.0. The maximum absolute atomic E-state index is 12.7. The fourth-order valence-corrected chi connectivity index (χ4v) is 6.09. The van der Waals surface area contributed by atoms with Gasteiger partial charge in [-0.05, 0) is 80.7 Å². The summed E-state index contributed by atoms with van der Waals surface area (Å²) >= 11 is 0. The molecule has 1 aliphatic rings. The van der Waals surface area contributed by atoms with Crippen LogP contribution in [0.25, 0.3) is 11.3 Å². The average molecular weight is 616 g/mol. The van der Waals surface area contributed by atoms with Crippen molar-refractivity contribution in [3.8, 4) is 22.9 Å². The molecule has 0 radical (unpaired) electrons. The molecule has 1 fully saturated rings. The minimum absolute atomic E-state index is 0.0553. The van der Waals surface area contributed by atoms with Crippen LogP contribution in [0.2, 0.25) is 0 Å². The lowest BCUT2D eigenvalue weighted by molar-refractivity contribution is 0.00674. The molecule has 5 rings (SSSR count). The molecule has 0 aliphatic heterocycles. The van der Waals surface area contributed by atoms with Gasteiger partial charge in [0.15, 0.2) is 0 Å². The third-order valence-corrected chi connectivity index (χ3v) is 8.75. The van der Waals surface area contributed by atoms with Gasteiger partial charge in [0.2, 0.25) is 11.6 Å². The van der Waals surface area contributed by atoms with Crippen molar-refractivity contribution in [1.29, 1.82) is 0 Å². The van der Waals surface area contributed by atoms with E-state index in [2.05, 4.69) is 41.5 Å². The van der Waals surface area contributed by atoms with Crippen LogP contribution >= 0.6 is 0 Å². The van der Waals surface area contributed by atoms with Gasteiger partial charge in [-0.15, -0.1) is 5.10 Å². The van der Waals surface area contributed by atoms with E-state index in [9.17, 15) is 9.90 Å². The second-order valence-corrected chi connectivity index (χ2v) is 11.9. The highest BCUT2D eigenvalue weighted by atomic mass is 16.5. The zero-order valence-electron chi connectivity index (χ0n) is 26.8. The Hall–Kier alpha value is -4.18. The predicted octanol–water partition coefficient (Wildman–Crippen LogP) is 6.42. The second-order valence-electron chi connectivity index (χ2n) is 11.9. The summed E-state index contributed by atoms with van der Waals surface area (Å²) in [6.07, 6.45) is 7.95. The molecule has 2 aromatic carbocycles. The number of carbonyl (C=O) groups excluding carboxylic acids is 1. The van der Waals surface area contributed by atoms with E-state index in [-0.39, 0.29) is 18.4 Å². The van der Waals surface area contributed by atoms with Crippen molar-refractivity contribution in [3.63, 3.8) is 0 Å². The number of rotatable bonds is 14. The summed E-state index contributed by atoms with van der Waals surface area (Å²) in [6, 6.07) is 18.4. The van der Waals surface area contributed by atoms with Crippen molar-refractivity contribution in [2.24, 2.45) is 0 Å². The molecule has 2 aromatic heterocycles. The summed E-state index contributed by atoms with van der Waals surface area (Å²) < 4.78 is 20.4. The van der Waals surface area contributed by atoms with Crippen LogP contribution in [-0.2, 0) is 17.8 Å². The smallest absolute Gasteiger partial charge is 0.364 e. The normalized spacial score (nSPS) is 17.9. The standard InChI is InChI=1S/C35H45N5O5/c1-5-21-35(42,6-2)24-39-22-20-31(37-39)28-12-10-26(11-13-28)27-14-18-30(19-15-27)45-33-32(34(41)44-7-3)36-38-40(33)23-25-8-16-29(43-4)17-9-25/h8-13,16-17,20,22,27,30,42H,5-7,14-15,18-19,21,23-24H2,1-4H3. The third kappa shape index (κ3) is 7.92. The molecule has 1 N–H and O–H groups in total. The Kier molecular flexibility index (Phi) is 10.5. The number of aliphatic hydroxyl groups is 1. The number of ether oxygens (including phenoxy) is 3. The van der Waals surface area contributed by atoms with E-state index in [1.165, 1.54) is 5.56 Å². The van der Waals surface area contributed by atoms with Crippen LogP contribution in [-0.4, -0.2) is 61.3 Å². The van der Waals surface area contributed by atoms with Gasteiger partial charge in [-0.3, -0.25) is 4.68 Å². The van der Waals surface area contributed by atoms with Crippen LogP contribution in [0.5, 0.6) is 11.6 Å². The first-order valence-corrected chi connectivity index (χ1v) is 16.1. The van der Waals surface area contributed by atoms with Gasteiger partial charge < -0.3 is 19.3 Å². The summed E-state index contributed by atoms with van der Waals surface area (Å²) in [6.45, 7) is 7.04. The maximum Gasteiger partial charge on any atom is 0.364 e. The fraction of sp³-hybridized carbons (Fsp3) is 0.486. The number of esters is 1. The molecule has 4 aromatic rings. The van der Waals surface area contributed by atoms with Gasteiger partial charge >= 0.3 is 5.97 Å². The van der Waals surface area contributed by atoms with Crippen LogP contribution < -0.4 is 9.47 Å². The lowest BCUT2D eigenvalue weighted by atomic mass is 9.82. The molecule has 240 valence electrons. The van der Waals surface area contributed by atoms with E-state index < -0.39 is 11.6 Å². The molecule has 0 saturated heterocycles. The van der Waals surface area contributed by atoms with E-state index in [1.807, 2.05) is 48.1 Å². The van der Waals surface area contributed by atoms with Crippen molar-refractivity contribution in [2.45, 2.75) is 96.4 Å². The minimum Gasteiger partial charge on any atom is -0.497 e. The Morgan fingerprint density at radius 3 is 2.38 bits per heavy atom. The molecular weight excluding hydrogens is 570 g/mol. The molecule has 1 atom stereocenters. The summed E-state index contributed by atoms with van der Waals surface area (Å²) in [5.41, 5.74) is 3.64. The van der Waals surface area contributed by atoms with Crippen molar-refractivity contribution < 1.29 is 24.1 Å². The highest BCUT2D eigenvalue weighted by Crippen LogP contribution is 2.36. The van der Waals surface area contributed by atoms with Gasteiger partial charge in [0, 0.05) is 11.8 Å². The number of hydrogen-bond acceptors (Lipinski definition) is 8. The first-order valence-electron chi connectivity index (χ1n) is 16.1. The van der Waals surface area contributed by atoms with E-state index in [0.717, 1.165) is 61.1 Å². The zero-order valence-corrected chi connectivity index (χ0v) is 26.8. The van der Waals surface area contributed by atoms with Gasteiger partial charge in [-0.1, -0.05) is 61.9 Å². The number of nitrogens with zero attached hydrogens (tertiary/aromatic N) is 5. The molecule has 45 heavy (non-hydrogen) atoms. The number of aromatic nitrogens is 5. The fourth-order valence-electron chi connectivity index (χ4n) is 6.09. The molecule has 0 bridgehead atoms. The van der Waals surface area contributed by atoms with E-state index in [1.54, 1.807) is 18.7 Å². The van der Waals surface area contributed by atoms with Gasteiger partial charge in [0.1, 0.15) is 11.9 Å². The van der Waals surface area contributed by atoms with Gasteiger partial charge in [-0.25, -0.2) is 9.48 Å². The van der Waals surface area contributed by atoms with E-state index in [0.29, 0.717) is 31.3 Å². The van der Waals surface area contributed by atoms with Crippen molar-refractivity contribution in [3.05, 3.63) is 77.6 Å². The Morgan fingerprint density at radius 2 is 1.73 bits per heavy atom. The average Bonchev–Trinajstić information content (AvgIpc) is 3.69. The van der Waals surface area contributed by atoms with Crippen LogP contribution in [0.15, 0.2) is 60.8 Å². The number of hydrogen-bond donors (Lipinski definition) is 1. The first-order chi connectivity index (χ1) is 21.8. The summed E-state index contributed by atoms with van der Waals surface area (Å²) in [5.74, 6) is 1.02. The molecule has 10 nitrogen and oxygen atoms in total. The van der Waals surface area contributed by atoms with Crippen molar-refractivity contribution in [1.82, 2.24) is 24.8 Å². The van der Waals surface area contributed by atoms with E-state index >= 15 is 0 Å². The Balaban J connectivity index is 1.21. The summed E-state index contributed by atoms with van der Waals surface area (Å²) in [4.78, 5) is 12.7. The van der Waals surface area contributed by atoms with Crippen LogP contribution in [0.1, 0.15) is 93.3 Å². The van der Waals surface area contributed by atoms with Crippen LogP contribution in [0.4, 0.5) is 0 Å². The molecule has 10 heteroatoms.